The Balaban J connectivity index is 1.33. The first-order valence-electron chi connectivity index (χ1n) is 12.1. The molecule has 6 rings (SSSR count). The monoisotopic (exact) mass is 486 g/mol. The zero-order valence-electron chi connectivity index (χ0n) is 20.7. The van der Waals surface area contributed by atoms with Crippen LogP contribution in [-0.4, -0.2) is 46.5 Å². The maximum atomic E-state index is 5.03. The topological polar surface area (TPSA) is 87.9 Å². The van der Waals surface area contributed by atoms with Gasteiger partial charge < -0.3 is 4.98 Å². The third-order valence-corrected chi connectivity index (χ3v) is 6.31. The van der Waals surface area contributed by atoms with Gasteiger partial charge in [0.2, 0.25) is 0 Å². The largest absolute Gasteiger partial charge is 0.339 e. The van der Waals surface area contributed by atoms with E-state index in [1.54, 1.807) is 10.8 Å². The molecule has 6 aromatic rings. The van der Waals surface area contributed by atoms with Crippen LogP contribution >= 0.6 is 0 Å². The summed E-state index contributed by atoms with van der Waals surface area (Å²) in [7, 11) is 2.11. The van der Waals surface area contributed by atoms with Crippen molar-refractivity contribution in [3.8, 4) is 33.8 Å². The van der Waals surface area contributed by atoms with Crippen LogP contribution in [0, 0.1) is 6.92 Å². The molecular weight excluding hydrogens is 460 g/mol. The van der Waals surface area contributed by atoms with Gasteiger partial charge >= 0.3 is 0 Å². The quantitative estimate of drug-likeness (QED) is 0.334. The zero-order chi connectivity index (χ0) is 25.2. The lowest BCUT2D eigenvalue weighted by molar-refractivity contribution is 0.312. The fourth-order valence-electron chi connectivity index (χ4n) is 4.60. The molecule has 0 aliphatic carbocycles. The number of nitrogens with one attached hydrogen (secondary N) is 1. The van der Waals surface area contributed by atoms with Crippen LogP contribution in [0.25, 0.3) is 39.4 Å². The maximum Gasteiger partial charge on any atom is 0.155 e. The molecule has 37 heavy (non-hydrogen) atoms. The van der Waals surface area contributed by atoms with Gasteiger partial charge in [-0.25, -0.2) is 14.5 Å². The van der Waals surface area contributed by atoms with Crippen molar-refractivity contribution in [3.05, 3.63) is 109 Å². The highest BCUT2D eigenvalue weighted by atomic mass is 15.3. The van der Waals surface area contributed by atoms with E-state index in [9.17, 15) is 0 Å². The van der Waals surface area contributed by atoms with E-state index < -0.39 is 0 Å². The van der Waals surface area contributed by atoms with E-state index in [0.717, 1.165) is 51.9 Å². The minimum atomic E-state index is 0.648. The molecule has 0 unspecified atom stereocenters. The van der Waals surface area contributed by atoms with Crippen LogP contribution in [0.3, 0.4) is 0 Å². The Morgan fingerprint density at radius 1 is 0.865 bits per heavy atom. The second-order valence-electron chi connectivity index (χ2n) is 9.12. The van der Waals surface area contributed by atoms with Crippen molar-refractivity contribution in [3.63, 3.8) is 0 Å². The second kappa shape index (κ2) is 9.75. The first kappa shape index (κ1) is 22.8. The molecule has 0 atom stereocenters. The van der Waals surface area contributed by atoms with E-state index in [-0.39, 0.29) is 0 Å². The summed E-state index contributed by atoms with van der Waals surface area (Å²) in [6, 6.07) is 22.6. The number of benzene rings is 1. The Hall–Kier alpha value is -4.69. The zero-order valence-corrected chi connectivity index (χ0v) is 20.7. The summed E-state index contributed by atoms with van der Waals surface area (Å²) in [6.45, 7) is 3.42. The fraction of sp³-hybridized carbons (Fsp3) is 0.138. The molecule has 0 spiro atoms. The molecule has 8 heteroatoms. The lowest BCUT2D eigenvalue weighted by atomic mass is 10.0. The van der Waals surface area contributed by atoms with Gasteiger partial charge in [-0.3, -0.25) is 14.9 Å². The molecule has 0 saturated carbocycles. The third-order valence-electron chi connectivity index (χ3n) is 6.31. The number of hydrogen-bond donors (Lipinski definition) is 1. The standard InChI is InChI=1S/C29H26N8/c1-20-6-5-9-25(33-20)29-28(23-10-11-27-31-19-32-37(27)17-23)34-26(35-29)18-36(2)16-22-7-3-4-8-24(22)21-12-14-30-15-13-21/h3-15,17,19H,16,18H2,1-2H3,(H,34,35). The Kier molecular flexibility index (Phi) is 6.00. The number of aryl methyl sites for hydroxylation is 1. The van der Waals surface area contributed by atoms with Gasteiger partial charge in [0.05, 0.1) is 23.6 Å². The average molecular weight is 487 g/mol. The molecule has 0 bridgehead atoms. The lowest BCUT2D eigenvalue weighted by Crippen LogP contribution is -2.18. The molecule has 0 radical (unpaired) electrons. The molecule has 1 aromatic carbocycles. The molecule has 5 aromatic heterocycles. The van der Waals surface area contributed by atoms with E-state index in [0.29, 0.717) is 6.54 Å². The molecule has 8 nitrogen and oxygen atoms in total. The predicted octanol–water partition coefficient (Wildman–Crippen LogP) is 5.18. The third kappa shape index (κ3) is 4.74. The summed E-state index contributed by atoms with van der Waals surface area (Å²) in [6.07, 6.45) is 7.17. The number of nitrogens with zero attached hydrogens (tertiary/aromatic N) is 7. The highest BCUT2D eigenvalue weighted by Gasteiger charge is 2.18. The highest BCUT2D eigenvalue weighted by molar-refractivity contribution is 5.77. The Morgan fingerprint density at radius 2 is 1.73 bits per heavy atom. The van der Waals surface area contributed by atoms with E-state index >= 15 is 0 Å². The van der Waals surface area contributed by atoms with Crippen molar-refractivity contribution in [2.45, 2.75) is 20.0 Å². The molecule has 1 N–H and O–H groups in total. The second-order valence-corrected chi connectivity index (χ2v) is 9.12. The number of imidazole rings is 1. The molecule has 0 saturated heterocycles. The van der Waals surface area contributed by atoms with Crippen molar-refractivity contribution in [1.82, 2.24) is 39.4 Å². The average Bonchev–Trinajstić information content (AvgIpc) is 3.56. The van der Waals surface area contributed by atoms with Crippen molar-refractivity contribution in [1.29, 1.82) is 0 Å². The van der Waals surface area contributed by atoms with Gasteiger partial charge in [0, 0.05) is 36.4 Å². The van der Waals surface area contributed by atoms with E-state index in [2.05, 4.69) is 56.3 Å². The van der Waals surface area contributed by atoms with Crippen molar-refractivity contribution < 1.29 is 0 Å². The van der Waals surface area contributed by atoms with Crippen LogP contribution in [0.15, 0.2) is 91.6 Å². The summed E-state index contributed by atoms with van der Waals surface area (Å²) in [5.41, 5.74) is 8.92. The summed E-state index contributed by atoms with van der Waals surface area (Å²) < 4.78 is 1.76. The van der Waals surface area contributed by atoms with Gasteiger partial charge in [0.1, 0.15) is 12.2 Å². The minimum Gasteiger partial charge on any atom is -0.339 e. The highest BCUT2D eigenvalue weighted by Crippen LogP contribution is 2.30. The normalized spacial score (nSPS) is 11.4. The Morgan fingerprint density at radius 3 is 2.59 bits per heavy atom. The van der Waals surface area contributed by atoms with Crippen LogP contribution in [0.4, 0.5) is 0 Å². The van der Waals surface area contributed by atoms with Crippen molar-refractivity contribution >= 4 is 5.65 Å². The van der Waals surface area contributed by atoms with Crippen LogP contribution in [0.5, 0.6) is 0 Å². The maximum absolute atomic E-state index is 5.03. The Bertz CT molecular complexity index is 1670. The van der Waals surface area contributed by atoms with Crippen molar-refractivity contribution in [2.24, 2.45) is 0 Å². The van der Waals surface area contributed by atoms with Crippen LogP contribution in [0.2, 0.25) is 0 Å². The molecule has 5 heterocycles. The van der Waals surface area contributed by atoms with Crippen molar-refractivity contribution in [2.75, 3.05) is 7.05 Å². The Labute approximate surface area is 214 Å². The number of rotatable bonds is 7. The molecule has 182 valence electrons. The number of aromatic amines is 1. The van der Waals surface area contributed by atoms with Gasteiger partial charge in [0.15, 0.2) is 5.65 Å². The first-order chi connectivity index (χ1) is 18.1. The SMILES string of the molecule is Cc1cccc(-c2[nH]c(CN(C)Cc3ccccc3-c3ccncc3)nc2-c2ccc3ncnn3c2)n1. The number of hydrogen-bond acceptors (Lipinski definition) is 6. The van der Waals surface area contributed by atoms with Gasteiger partial charge in [-0.2, -0.15) is 5.10 Å². The molecule has 0 aliphatic heterocycles. The number of fused-ring (bicyclic) bond motifs is 1. The molecule has 0 fully saturated rings. The van der Waals surface area contributed by atoms with E-state index in [1.807, 2.05) is 68.0 Å². The summed E-state index contributed by atoms with van der Waals surface area (Å²) in [5.74, 6) is 0.871. The molecule has 0 amide bonds. The van der Waals surface area contributed by atoms with Crippen LogP contribution in [-0.2, 0) is 13.1 Å². The van der Waals surface area contributed by atoms with Crippen LogP contribution in [0.1, 0.15) is 17.1 Å². The summed E-state index contributed by atoms with van der Waals surface area (Å²) >= 11 is 0. The van der Waals surface area contributed by atoms with Gasteiger partial charge in [-0.1, -0.05) is 30.3 Å². The number of H-pyrrole nitrogens is 1. The van der Waals surface area contributed by atoms with E-state index in [1.165, 1.54) is 11.1 Å². The smallest absolute Gasteiger partial charge is 0.155 e. The van der Waals surface area contributed by atoms with Gasteiger partial charge in [-0.05, 0) is 67.1 Å². The molecular formula is C29H26N8. The summed E-state index contributed by atoms with van der Waals surface area (Å²) in [4.78, 5) is 24.0. The summed E-state index contributed by atoms with van der Waals surface area (Å²) in [5, 5.41) is 4.30. The van der Waals surface area contributed by atoms with E-state index in [4.69, 9.17) is 9.97 Å². The fourth-order valence-corrected chi connectivity index (χ4v) is 4.60. The lowest BCUT2D eigenvalue weighted by Gasteiger charge is -2.18. The van der Waals surface area contributed by atoms with Crippen LogP contribution < -0.4 is 0 Å². The molecule has 0 aliphatic rings. The first-order valence-corrected chi connectivity index (χ1v) is 12.1. The van der Waals surface area contributed by atoms with Gasteiger partial charge in [0.25, 0.3) is 0 Å². The van der Waals surface area contributed by atoms with Gasteiger partial charge in [-0.15, -0.1) is 0 Å². The number of pyridine rings is 3. The minimum absolute atomic E-state index is 0.648. The predicted molar refractivity (Wildman–Crippen MR) is 143 cm³/mol. The number of aromatic nitrogens is 7.